The van der Waals surface area contributed by atoms with Crippen LogP contribution in [0.2, 0.25) is 5.04 Å². The summed E-state index contributed by atoms with van der Waals surface area (Å²) in [7, 11) is -2.53. The average molecular weight is 355 g/mol. The minimum atomic E-state index is -2.53. The van der Waals surface area contributed by atoms with Gasteiger partial charge in [-0.05, 0) is 34.8 Å². The second-order valence-corrected chi connectivity index (χ2v) is 11.8. The van der Waals surface area contributed by atoms with Crippen molar-refractivity contribution in [1.82, 2.24) is 0 Å². The molecule has 2 rings (SSSR count). The van der Waals surface area contributed by atoms with Crippen LogP contribution in [-0.4, -0.2) is 26.1 Å². The van der Waals surface area contributed by atoms with Crippen LogP contribution in [0.1, 0.15) is 34.6 Å². The van der Waals surface area contributed by atoms with Crippen molar-refractivity contribution in [3.8, 4) is 0 Å². The summed E-state index contributed by atoms with van der Waals surface area (Å²) < 4.78 is 6.79. The fourth-order valence-electron chi connectivity index (χ4n) is 3.40. The topological polar surface area (TPSA) is 29.5 Å². The molecule has 0 heterocycles. The smallest absolute Gasteiger partial charge is 0.261 e. The van der Waals surface area contributed by atoms with Gasteiger partial charge in [-0.3, -0.25) is 0 Å². The zero-order chi connectivity index (χ0) is 18.5. The van der Waals surface area contributed by atoms with Crippen LogP contribution in [0.25, 0.3) is 0 Å². The van der Waals surface area contributed by atoms with Gasteiger partial charge in [-0.15, -0.1) is 0 Å². The van der Waals surface area contributed by atoms with Gasteiger partial charge in [0.25, 0.3) is 8.32 Å². The van der Waals surface area contributed by atoms with Crippen LogP contribution in [0.3, 0.4) is 0 Å². The molecule has 2 aromatic carbocycles. The summed E-state index contributed by atoms with van der Waals surface area (Å²) in [5, 5.41) is 12.5. The predicted molar refractivity (Wildman–Crippen MR) is 109 cm³/mol. The SMILES string of the molecule is C/C=C(\CO[Si](c1ccccc1)(c1ccccc1)C(C)(C)C)[C@H](C)O. The maximum Gasteiger partial charge on any atom is 0.261 e. The number of benzene rings is 2. The van der Waals surface area contributed by atoms with E-state index in [1.165, 1.54) is 10.4 Å². The van der Waals surface area contributed by atoms with Gasteiger partial charge in [-0.1, -0.05) is 87.5 Å². The predicted octanol–water partition coefficient (Wildman–Crippen LogP) is 3.89. The Morgan fingerprint density at radius 1 is 1.00 bits per heavy atom. The zero-order valence-corrected chi connectivity index (χ0v) is 17.0. The molecule has 0 aliphatic rings. The molecule has 0 saturated carbocycles. The lowest BCUT2D eigenvalue weighted by molar-refractivity contribution is 0.206. The molecule has 2 aromatic rings. The lowest BCUT2D eigenvalue weighted by Crippen LogP contribution is -2.66. The second kappa shape index (κ2) is 8.13. The number of aliphatic hydroxyl groups excluding tert-OH is 1. The Labute approximate surface area is 153 Å². The molecule has 1 atom stereocenters. The highest BCUT2D eigenvalue weighted by molar-refractivity contribution is 6.99. The third kappa shape index (κ3) is 4.11. The molecule has 0 amide bonds. The first kappa shape index (κ1) is 19.6. The van der Waals surface area contributed by atoms with Crippen molar-refractivity contribution in [3.05, 3.63) is 72.3 Å². The first-order valence-electron chi connectivity index (χ1n) is 8.91. The van der Waals surface area contributed by atoms with E-state index in [1.807, 2.05) is 25.1 Å². The highest BCUT2D eigenvalue weighted by Crippen LogP contribution is 2.37. The Hall–Kier alpha value is -1.68. The summed E-state index contributed by atoms with van der Waals surface area (Å²) >= 11 is 0. The molecule has 0 bridgehead atoms. The molecule has 0 aliphatic heterocycles. The molecule has 25 heavy (non-hydrogen) atoms. The van der Waals surface area contributed by atoms with Crippen molar-refractivity contribution >= 4 is 18.7 Å². The maximum absolute atomic E-state index is 10.0. The zero-order valence-electron chi connectivity index (χ0n) is 16.0. The van der Waals surface area contributed by atoms with Gasteiger partial charge in [-0.2, -0.15) is 0 Å². The Morgan fingerprint density at radius 3 is 1.76 bits per heavy atom. The van der Waals surface area contributed by atoms with E-state index in [4.69, 9.17) is 4.43 Å². The molecule has 3 heteroatoms. The van der Waals surface area contributed by atoms with Crippen LogP contribution in [0.5, 0.6) is 0 Å². The number of hydrogen-bond donors (Lipinski definition) is 1. The van der Waals surface area contributed by atoms with Crippen molar-refractivity contribution in [2.45, 2.75) is 45.8 Å². The van der Waals surface area contributed by atoms with Crippen molar-refractivity contribution in [3.63, 3.8) is 0 Å². The third-order valence-corrected chi connectivity index (χ3v) is 9.76. The third-order valence-electron chi connectivity index (χ3n) is 4.78. The summed E-state index contributed by atoms with van der Waals surface area (Å²) in [6.45, 7) is 11.0. The van der Waals surface area contributed by atoms with Gasteiger partial charge in [0.1, 0.15) is 0 Å². The Bertz CT molecular complexity index is 645. The molecule has 1 N–H and O–H groups in total. The molecule has 0 aliphatic carbocycles. The molecule has 0 aromatic heterocycles. The van der Waals surface area contributed by atoms with Crippen LogP contribution in [0.15, 0.2) is 72.3 Å². The van der Waals surface area contributed by atoms with E-state index < -0.39 is 14.4 Å². The number of aliphatic hydroxyl groups is 1. The van der Waals surface area contributed by atoms with E-state index in [1.54, 1.807) is 6.92 Å². The highest BCUT2D eigenvalue weighted by Gasteiger charge is 2.50. The normalized spacial score (nSPS) is 14.4. The van der Waals surface area contributed by atoms with Crippen molar-refractivity contribution < 1.29 is 9.53 Å². The molecule has 0 spiro atoms. The van der Waals surface area contributed by atoms with Crippen LogP contribution >= 0.6 is 0 Å². The van der Waals surface area contributed by atoms with Crippen LogP contribution in [-0.2, 0) is 4.43 Å². The van der Waals surface area contributed by atoms with Crippen LogP contribution < -0.4 is 10.4 Å². The highest BCUT2D eigenvalue weighted by atomic mass is 28.4. The molecular formula is C22H30O2Si. The maximum atomic E-state index is 10.0. The second-order valence-electron chi connectivity index (χ2n) is 7.49. The average Bonchev–Trinajstić information content (AvgIpc) is 2.59. The fraction of sp³-hybridized carbons (Fsp3) is 0.364. The number of hydrogen-bond acceptors (Lipinski definition) is 2. The Kier molecular flexibility index (Phi) is 6.39. The standard InChI is InChI=1S/C22H30O2Si/c1-6-19(18(2)23)17-24-25(22(3,4)5,20-13-9-7-10-14-20)21-15-11-8-12-16-21/h6-16,18,23H,17H2,1-5H3/b19-6+/t18-/m0/s1. The van der Waals surface area contributed by atoms with Gasteiger partial charge < -0.3 is 9.53 Å². The molecule has 0 saturated heterocycles. The number of allylic oxidation sites excluding steroid dienone is 1. The van der Waals surface area contributed by atoms with E-state index >= 15 is 0 Å². The summed E-state index contributed by atoms with van der Waals surface area (Å²) in [6, 6.07) is 21.2. The van der Waals surface area contributed by atoms with Gasteiger partial charge >= 0.3 is 0 Å². The monoisotopic (exact) mass is 354 g/mol. The van der Waals surface area contributed by atoms with Crippen molar-refractivity contribution in [2.75, 3.05) is 6.61 Å². The lowest BCUT2D eigenvalue weighted by Gasteiger charge is -2.43. The first-order chi connectivity index (χ1) is 11.8. The minimum Gasteiger partial charge on any atom is -0.403 e. The van der Waals surface area contributed by atoms with E-state index in [0.717, 1.165) is 5.57 Å². The largest absolute Gasteiger partial charge is 0.403 e. The summed E-state index contributed by atoms with van der Waals surface area (Å²) in [5.41, 5.74) is 0.924. The van der Waals surface area contributed by atoms with Gasteiger partial charge in [0.2, 0.25) is 0 Å². The van der Waals surface area contributed by atoms with Crippen molar-refractivity contribution in [1.29, 1.82) is 0 Å². The van der Waals surface area contributed by atoms with Gasteiger partial charge in [-0.25, -0.2) is 0 Å². The molecule has 0 unspecified atom stereocenters. The first-order valence-corrected chi connectivity index (χ1v) is 10.8. The van der Waals surface area contributed by atoms with Gasteiger partial charge in [0.15, 0.2) is 0 Å². The quantitative estimate of drug-likeness (QED) is 0.630. The molecule has 2 nitrogen and oxygen atoms in total. The van der Waals surface area contributed by atoms with E-state index in [0.29, 0.717) is 6.61 Å². The Balaban J connectivity index is 2.61. The van der Waals surface area contributed by atoms with E-state index in [9.17, 15) is 5.11 Å². The van der Waals surface area contributed by atoms with Crippen molar-refractivity contribution in [2.24, 2.45) is 0 Å². The molecule has 0 fully saturated rings. The van der Waals surface area contributed by atoms with E-state index in [2.05, 4.69) is 69.3 Å². The Morgan fingerprint density at radius 2 is 1.44 bits per heavy atom. The number of rotatable bonds is 6. The molecule has 134 valence electrons. The van der Waals surface area contributed by atoms with E-state index in [-0.39, 0.29) is 5.04 Å². The fourth-order valence-corrected chi connectivity index (χ4v) is 7.94. The minimum absolute atomic E-state index is 0.0484. The van der Waals surface area contributed by atoms with Gasteiger partial charge in [0.05, 0.1) is 12.7 Å². The lowest BCUT2D eigenvalue weighted by atomic mass is 10.2. The summed E-state index contributed by atoms with van der Waals surface area (Å²) in [4.78, 5) is 0. The van der Waals surface area contributed by atoms with Crippen LogP contribution in [0, 0.1) is 0 Å². The summed E-state index contributed by atoms with van der Waals surface area (Å²) in [5.74, 6) is 0. The molecule has 0 radical (unpaired) electrons. The van der Waals surface area contributed by atoms with Gasteiger partial charge in [0, 0.05) is 0 Å². The summed E-state index contributed by atoms with van der Waals surface area (Å²) in [6.07, 6.45) is 1.46. The van der Waals surface area contributed by atoms with Crippen LogP contribution in [0.4, 0.5) is 0 Å². The molecular weight excluding hydrogens is 324 g/mol.